The van der Waals surface area contributed by atoms with Crippen LogP contribution in [0.3, 0.4) is 0 Å². The van der Waals surface area contributed by atoms with Crippen molar-refractivity contribution in [2.45, 2.75) is 0 Å². The zero-order valence-electron chi connectivity index (χ0n) is 22.6. The van der Waals surface area contributed by atoms with Crippen LogP contribution in [0.25, 0.3) is 0 Å². The van der Waals surface area contributed by atoms with Crippen LogP contribution in [-0.2, 0) is 0 Å². The van der Waals surface area contributed by atoms with Gasteiger partial charge in [-0.05, 0) is 66.7 Å². The van der Waals surface area contributed by atoms with Gasteiger partial charge >= 0.3 is 12.1 Å². The number of halogens is 2. The molecule has 0 aromatic heterocycles. The summed E-state index contributed by atoms with van der Waals surface area (Å²) < 4.78 is 0. The predicted octanol–water partition coefficient (Wildman–Crippen LogP) is 3.88. The number of amides is 5. The van der Waals surface area contributed by atoms with Crippen LogP contribution < -0.4 is 37.2 Å². The number of rotatable bonds is 7. The number of nitrogens with zero attached hydrogens (tertiary/aromatic N) is 2. The second-order valence-corrected chi connectivity index (χ2v) is 8.97. The highest BCUT2D eigenvalue weighted by Crippen LogP contribution is 2.22. The van der Waals surface area contributed by atoms with Gasteiger partial charge in [-0.2, -0.15) is 0 Å². The van der Waals surface area contributed by atoms with E-state index in [2.05, 4.69) is 47.2 Å². The van der Waals surface area contributed by atoms with Crippen LogP contribution in [0.4, 0.5) is 32.3 Å². The monoisotopic (exact) mass is 611 g/mol. The normalized spacial score (nSPS) is 13.1. The van der Waals surface area contributed by atoms with Gasteiger partial charge in [0, 0.05) is 48.3 Å². The number of benzene rings is 3. The highest BCUT2D eigenvalue weighted by Gasteiger charge is 2.15. The first-order chi connectivity index (χ1) is 19.5. The number of amidine groups is 2. The van der Waals surface area contributed by atoms with Crippen LogP contribution in [0.15, 0.2) is 76.7 Å². The van der Waals surface area contributed by atoms with Gasteiger partial charge in [0.25, 0.3) is 5.91 Å². The number of aliphatic imine (C=N–C) groups is 2. The van der Waals surface area contributed by atoms with Gasteiger partial charge in [-0.3, -0.25) is 14.8 Å². The Morgan fingerprint density at radius 3 is 1.55 bits per heavy atom. The summed E-state index contributed by atoms with van der Waals surface area (Å²) in [5.74, 6) is 1.28. The van der Waals surface area contributed by atoms with Crippen molar-refractivity contribution < 1.29 is 14.4 Å². The average Bonchev–Trinajstić information content (AvgIpc) is 3.69. The standard InChI is InChI=1S/C28H29N9O3.2ClH/c1-29-26(38)22-11-10-21(36-27(39)34-19-6-2-17(3-7-19)24-30-12-13-31-24)16-23(22)37-28(40)35-20-8-4-18(5-9-20)25-32-14-15-33-25;;/h2-11,16H,12-15H2,1H3,(H,29,38)(H,30,31)(H,32,33)(H2,34,36,39)(H2,35,37,40);2*1H. The van der Waals surface area contributed by atoms with E-state index in [1.165, 1.54) is 19.2 Å². The minimum Gasteiger partial charge on any atom is -0.368 e. The van der Waals surface area contributed by atoms with Crippen molar-refractivity contribution in [1.82, 2.24) is 16.0 Å². The van der Waals surface area contributed by atoms with E-state index in [4.69, 9.17) is 0 Å². The highest BCUT2D eigenvalue weighted by molar-refractivity contribution is 6.08. The van der Waals surface area contributed by atoms with Crippen molar-refractivity contribution in [1.29, 1.82) is 0 Å². The Morgan fingerprint density at radius 2 is 1.10 bits per heavy atom. The summed E-state index contributed by atoms with van der Waals surface area (Å²) in [5.41, 5.74) is 3.89. The molecule has 3 aromatic carbocycles. The SMILES string of the molecule is CNC(=O)c1ccc(NC(=O)Nc2ccc(C3=NCCN3)cc2)cc1NC(=O)Nc1ccc(C2=NCCN2)cc1.Cl.Cl. The summed E-state index contributed by atoms with van der Waals surface area (Å²) in [5, 5.41) is 19.9. The number of anilines is 4. The molecule has 42 heavy (non-hydrogen) atoms. The fourth-order valence-electron chi connectivity index (χ4n) is 4.24. The summed E-state index contributed by atoms with van der Waals surface area (Å²) in [6.45, 7) is 3.11. The zero-order chi connectivity index (χ0) is 27.9. The van der Waals surface area contributed by atoms with Gasteiger partial charge in [0.1, 0.15) is 11.7 Å². The van der Waals surface area contributed by atoms with Crippen molar-refractivity contribution in [2.75, 3.05) is 54.5 Å². The third-order valence-electron chi connectivity index (χ3n) is 6.18. The Labute approximate surface area is 255 Å². The lowest BCUT2D eigenvalue weighted by Crippen LogP contribution is -2.25. The predicted molar refractivity (Wildman–Crippen MR) is 171 cm³/mol. The largest absolute Gasteiger partial charge is 0.368 e. The highest BCUT2D eigenvalue weighted by atomic mass is 35.5. The van der Waals surface area contributed by atoms with Gasteiger partial charge in [0.05, 0.1) is 24.3 Å². The van der Waals surface area contributed by atoms with E-state index in [-0.39, 0.29) is 42.0 Å². The first-order valence-electron chi connectivity index (χ1n) is 12.8. The van der Waals surface area contributed by atoms with E-state index in [9.17, 15) is 14.4 Å². The van der Waals surface area contributed by atoms with Crippen molar-refractivity contribution in [2.24, 2.45) is 9.98 Å². The molecule has 5 amide bonds. The van der Waals surface area contributed by atoms with E-state index in [1.54, 1.807) is 30.3 Å². The summed E-state index contributed by atoms with van der Waals surface area (Å²) in [6.07, 6.45) is 0. The third-order valence-corrected chi connectivity index (χ3v) is 6.18. The molecule has 0 unspecified atom stereocenters. The minimum absolute atomic E-state index is 0. The lowest BCUT2D eigenvalue weighted by Gasteiger charge is -2.14. The van der Waals surface area contributed by atoms with Crippen LogP contribution >= 0.6 is 24.8 Å². The lowest BCUT2D eigenvalue weighted by molar-refractivity contribution is 0.0964. The fourth-order valence-corrected chi connectivity index (χ4v) is 4.24. The first-order valence-corrected chi connectivity index (χ1v) is 12.8. The molecule has 2 aliphatic heterocycles. The maximum atomic E-state index is 12.8. The van der Waals surface area contributed by atoms with Crippen LogP contribution in [-0.4, -0.2) is 62.9 Å². The topological polar surface area (TPSA) is 160 Å². The van der Waals surface area contributed by atoms with E-state index in [0.717, 1.165) is 49.0 Å². The molecule has 5 rings (SSSR count). The van der Waals surface area contributed by atoms with Gasteiger partial charge in [0.2, 0.25) is 0 Å². The van der Waals surface area contributed by atoms with E-state index < -0.39 is 12.1 Å². The quantitative estimate of drug-likeness (QED) is 0.215. The summed E-state index contributed by atoms with van der Waals surface area (Å²) in [6, 6.07) is 18.2. The maximum Gasteiger partial charge on any atom is 0.323 e. The Morgan fingerprint density at radius 1 is 0.643 bits per heavy atom. The second-order valence-electron chi connectivity index (χ2n) is 8.97. The number of carbonyl (C=O) groups excluding carboxylic acids is 3. The Balaban J connectivity index is 0.00000242. The van der Waals surface area contributed by atoms with Crippen LogP contribution in [0.5, 0.6) is 0 Å². The molecule has 14 heteroatoms. The van der Waals surface area contributed by atoms with E-state index in [1.807, 2.05) is 24.3 Å². The zero-order valence-corrected chi connectivity index (χ0v) is 24.2. The molecule has 7 N–H and O–H groups in total. The van der Waals surface area contributed by atoms with Crippen LogP contribution in [0.1, 0.15) is 21.5 Å². The smallest absolute Gasteiger partial charge is 0.323 e. The van der Waals surface area contributed by atoms with Gasteiger partial charge in [0.15, 0.2) is 0 Å². The second kappa shape index (κ2) is 14.7. The van der Waals surface area contributed by atoms with E-state index >= 15 is 0 Å². The van der Waals surface area contributed by atoms with Crippen molar-refractivity contribution in [3.8, 4) is 0 Å². The van der Waals surface area contributed by atoms with Gasteiger partial charge in [-0.15, -0.1) is 24.8 Å². The number of hydrogen-bond acceptors (Lipinski definition) is 7. The van der Waals surface area contributed by atoms with Crippen molar-refractivity contribution in [3.63, 3.8) is 0 Å². The molecular weight excluding hydrogens is 581 g/mol. The van der Waals surface area contributed by atoms with Gasteiger partial charge in [-0.1, -0.05) is 0 Å². The number of nitrogens with one attached hydrogen (secondary N) is 7. The minimum atomic E-state index is -0.544. The molecule has 0 spiro atoms. The molecular formula is C28H31Cl2N9O3. The molecule has 2 aliphatic rings. The number of hydrogen-bond donors (Lipinski definition) is 7. The van der Waals surface area contributed by atoms with Crippen LogP contribution in [0.2, 0.25) is 0 Å². The average molecular weight is 613 g/mol. The molecule has 12 nitrogen and oxygen atoms in total. The number of urea groups is 2. The van der Waals surface area contributed by atoms with Gasteiger partial charge < -0.3 is 37.2 Å². The molecule has 3 aromatic rings. The first kappa shape index (κ1) is 31.7. The molecule has 0 fully saturated rings. The third kappa shape index (κ3) is 7.89. The van der Waals surface area contributed by atoms with Crippen molar-refractivity contribution >= 4 is 77.2 Å². The lowest BCUT2D eigenvalue weighted by atomic mass is 10.1. The number of carbonyl (C=O) groups is 3. The molecule has 0 radical (unpaired) electrons. The van der Waals surface area contributed by atoms with E-state index in [0.29, 0.717) is 17.1 Å². The molecule has 0 saturated carbocycles. The summed E-state index contributed by atoms with van der Waals surface area (Å²) in [7, 11) is 1.50. The van der Waals surface area contributed by atoms with Crippen LogP contribution in [0, 0.1) is 0 Å². The fraction of sp³-hybridized carbons (Fsp3) is 0.179. The molecule has 220 valence electrons. The Hall–Kier alpha value is -4.81. The van der Waals surface area contributed by atoms with Crippen molar-refractivity contribution in [3.05, 3.63) is 83.4 Å². The Kier molecular flexibility index (Phi) is 11.1. The summed E-state index contributed by atoms with van der Waals surface area (Å²) in [4.78, 5) is 46.6. The Bertz CT molecular complexity index is 1490. The molecule has 0 atom stereocenters. The molecule has 0 saturated heterocycles. The molecule has 0 bridgehead atoms. The maximum absolute atomic E-state index is 12.8. The molecule has 0 aliphatic carbocycles. The van der Waals surface area contributed by atoms with Gasteiger partial charge in [-0.25, -0.2) is 9.59 Å². The molecule has 2 heterocycles. The summed E-state index contributed by atoms with van der Waals surface area (Å²) >= 11 is 0.